The number of rotatable bonds is 8. The highest BCUT2D eigenvalue weighted by Gasteiger charge is 2.45. The number of nitrogen functional groups attached to an aromatic ring is 1. The summed E-state index contributed by atoms with van der Waals surface area (Å²) in [6.45, 7) is 11.5. The zero-order chi connectivity index (χ0) is 35.5. The number of benzene rings is 2. The van der Waals surface area contributed by atoms with Crippen LogP contribution in [0.15, 0.2) is 30.9 Å². The van der Waals surface area contributed by atoms with Gasteiger partial charge in [-0.2, -0.15) is 23.1 Å². The maximum atomic E-state index is 17.0. The number of aromatic nitrogens is 3. The lowest BCUT2D eigenvalue weighted by atomic mass is 9.95. The normalized spacial score (nSPS) is 21.2. The fourth-order valence-electron chi connectivity index (χ4n) is 6.98. The Hall–Kier alpha value is -4.15. The highest BCUT2D eigenvalue weighted by Crippen LogP contribution is 2.48. The van der Waals surface area contributed by atoms with Crippen molar-refractivity contribution < 1.29 is 36.2 Å². The monoisotopic (exact) mass is 717 g/mol. The van der Waals surface area contributed by atoms with Crippen molar-refractivity contribution in [1.82, 2.24) is 24.8 Å². The number of halogens is 5. The lowest BCUT2D eigenvalue weighted by Crippen LogP contribution is -2.58. The van der Waals surface area contributed by atoms with E-state index in [1.807, 2.05) is 13.8 Å². The third-order valence-corrected chi connectivity index (χ3v) is 10.7. The van der Waals surface area contributed by atoms with Crippen LogP contribution in [0.2, 0.25) is 0 Å². The first-order chi connectivity index (χ1) is 23.8. The molecule has 2 saturated heterocycles. The van der Waals surface area contributed by atoms with Crippen LogP contribution in [-0.2, 0) is 15.7 Å². The molecule has 16 heteroatoms. The number of thiazole rings is 1. The summed E-state index contributed by atoms with van der Waals surface area (Å²) in [4.78, 5) is 31.3. The second-order valence-electron chi connectivity index (χ2n) is 13.4. The number of ether oxygens (including phenoxy) is 2. The minimum atomic E-state index is -5.04. The highest BCUT2D eigenvalue weighted by molar-refractivity contribution is 7.22. The molecular weight excluding hydrogens is 681 g/mol. The third-order valence-electron chi connectivity index (χ3n) is 9.82. The first-order valence-electron chi connectivity index (χ1n) is 16.4. The van der Waals surface area contributed by atoms with Gasteiger partial charge in [0.15, 0.2) is 10.9 Å². The van der Waals surface area contributed by atoms with E-state index in [2.05, 4.69) is 26.4 Å². The van der Waals surface area contributed by atoms with Gasteiger partial charge in [0.05, 0.1) is 35.6 Å². The summed E-state index contributed by atoms with van der Waals surface area (Å²) in [5, 5.41) is -0.260. The molecule has 1 saturated carbocycles. The van der Waals surface area contributed by atoms with Crippen LogP contribution in [0.3, 0.4) is 0 Å². The SMILES string of the molecule is C=CC(=O)N1CC(C)N(c2nc(OCC3(CN4CCOCC4)CC3)nc3c(F)c(-c4ccc(F)c5sc(N)nc45)c(C(F)(F)F)cc23)CC1C. The zero-order valence-corrected chi connectivity index (χ0v) is 28.3. The Balaban J connectivity index is 1.38. The Morgan fingerprint density at radius 1 is 1.12 bits per heavy atom. The van der Waals surface area contributed by atoms with Crippen molar-refractivity contribution in [2.75, 3.05) is 63.2 Å². The van der Waals surface area contributed by atoms with E-state index in [1.165, 1.54) is 6.08 Å². The van der Waals surface area contributed by atoms with Crippen molar-refractivity contribution >= 4 is 49.3 Å². The van der Waals surface area contributed by atoms with Gasteiger partial charge in [-0.1, -0.05) is 17.9 Å². The molecule has 1 amide bonds. The van der Waals surface area contributed by atoms with Gasteiger partial charge in [-0.25, -0.2) is 13.8 Å². The van der Waals surface area contributed by atoms with Gasteiger partial charge >= 0.3 is 12.2 Å². The quantitative estimate of drug-likeness (QED) is 0.176. The van der Waals surface area contributed by atoms with Crippen molar-refractivity contribution in [1.29, 1.82) is 0 Å². The molecule has 2 aromatic heterocycles. The number of hydrogen-bond donors (Lipinski definition) is 1. The summed E-state index contributed by atoms with van der Waals surface area (Å²) < 4.78 is 88.0. The number of piperazine rings is 1. The number of anilines is 2. The summed E-state index contributed by atoms with van der Waals surface area (Å²) in [7, 11) is 0. The lowest BCUT2D eigenvalue weighted by molar-refractivity contribution is -0.137. The van der Waals surface area contributed by atoms with E-state index in [0.717, 1.165) is 62.0 Å². The second kappa shape index (κ2) is 12.9. The number of fused-ring (bicyclic) bond motifs is 2. The largest absolute Gasteiger partial charge is 0.463 e. The molecule has 4 aromatic rings. The maximum Gasteiger partial charge on any atom is 0.417 e. The highest BCUT2D eigenvalue weighted by atomic mass is 32.1. The Morgan fingerprint density at radius 2 is 1.86 bits per heavy atom. The fourth-order valence-corrected chi connectivity index (χ4v) is 7.74. The molecule has 266 valence electrons. The molecule has 50 heavy (non-hydrogen) atoms. The molecule has 2 unspecified atom stereocenters. The number of hydrogen-bond acceptors (Lipinski definition) is 10. The number of alkyl halides is 3. The Kier molecular flexibility index (Phi) is 8.83. The van der Waals surface area contributed by atoms with E-state index in [1.54, 1.807) is 9.80 Å². The fraction of sp³-hybridized carbons (Fsp3) is 0.471. The van der Waals surface area contributed by atoms with E-state index in [-0.39, 0.29) is 75.2 Å². The average molecular weight is 718 g/mol. The number of morpholine rings is 1. The molecule has 2 N–H and O–H groups in total. The van der Waals surface area contributed by atoms with E-state index in [0.29, 0.717) is 13.2 Å². The van der Waals surface area contributed by atoms with Gasteiger partial charge in [-0.05, 0) is 51.0 Å². The van der Waals surface area contributed by atoms with Gasteiger partial charge in [0, 0.05) is 66.7 Å². The zero-order valence-electron chi connectivity index (χ0n) is 27.5. The third kappa shape index (κ3) is 6.32. The van der Waals surface area contributed by atoms with Gasteiger partial charge in [0.25, 0.3) is 0 Å². The number of nitrogens with zero attached hydrogens (tertiary/aromatic N) is 6. The standard InChI is InChI=1S/C34H36F5N7O3S/c1-4-24(47)45-14-19(3)46(15-18(45)2)30-21-13-22(34(37,38)39)25(20-5-6-23(35)29-28(20)41-31(40)50-29)26(36)27(21)42-32(43-30)49-17-33(7-8-33)16-44-9-11-48-12-10-44/h4-6,13,18-19H,1,7-12,14-17H2,2-3H3,(H2,40,41). The summed E-state index contributed by atoms with van der Waals surface area (Å²) in [6, 6.07) is 1.88. The average Bonchev–Trinajstić information content (AvgIpc) is 3.73. The summed E-state index contributed by atoms with van der Waals surface area (Å²) in [5.74, 6) is -2.25. The van der Waals surface area contributed by atoms with Crippen LogP contribution in [0, 0.1) is 17.0 Å². The minimum Gasteiger partial charge on any atom is -0.463 e. The van der Waals surface area contributed by atoms with E-state index in [9.17, 15) is 22.4 Å². The molecule has 2 aromatic carbocycles. The lowest BCUT2D eigenvalue weighted by Gasteiger charge is -2.44. The summed E-state index contributed by atoms with van der Waals surface area (Å²) >= 11 is 0.756. The van der Waals surface area contributed by atoms with E-state index >= 15 is 4.39 Å². The van der Waals surface area contributed by atoms with Crippen LogP contribution in [-0.4, -0.2) is 95.3 Å². The molecule has 2 atom stereocenters. The Morgan fingerprint density at radius 3 is 2.54 bits per heavy atom. The van der Waals surface area contributed by atoms with Crippen molar-refractivity contribution in [2.45, 2.75) is 44.9 Å². The first kappa shape index (κ1) is 34.3. The Labute approximate surface area is 288 Å². The summed E-state index contributed by atoms with van der Waals surface area (Å²) in [5.41, 5.74) is 2.67. The predicted molar refractivity (Wildman–Crippen MR) is 180 cm³/mol. The maximum absolute atomic E-state index is 17.0. The number of amides is 1. The number of carbonyl (C=O) groups is 1. The van der Waals surface area contributed by atoms with E-state index < -0.39 is 40.5 Å². The van der Waals surface area contributed by atoms with Crippen LogP contribution in [0.25, 0.3) is 32.2 Å². The van der Waals surface area contributed by atoms with Gasteiger partial charge in [0.2, 0.25) is 5.91 Å². The van der Waals surface area contributed by atoms with Gasteiger partial charge in [0.1, 0.15) is 17.2 Å². The van der Waals surface area contributed by atoms with Gasteiger partial charge in [-0.3, -0.25) is 9.69 Å². The van der Waals surface area contributed by atoms with Gasteiger partial charge < -0.3 is 25.0 Å². The minimum absolute atomic E-state index is 0.0474. The molecule has 2 aliphatic heterocycles. The predicted octanol–water partition coefficient (Wildman–Crippen LogP) is 5.89. The van der Waals surface area contributed by atoms with Crippen LogP contribution in [0.4, 0.5) is 32.9 Å². The van der Waals surface area contributed by atoms with Crippen LogP contribution in [0.1, 0.15) is 32.3 Å². The molecule has 0 spiro atoms. The first-order valence-corrected chi connectivity index (χ1v) is 17.2. The molecular formula is C34H36F5N7O3S. The van der Waals surface area contributed by atoms with Crippen molar-refractivity contribution in [3.05, 3.63) is 48.1 Å². The van der Waals surface area contributed by atoms with Crippen molar-refractivity contribution in [2.24, 2.45) is 5.41 Å². The van der Waals surface area contributed by atoms with Crippen LogP contribution in [0.5, 0.6) is 6.01 Å². The smallest absolute Gasteiger partial charge is 0.417 e. The molecule has 10 nitrogen and oxygen atoms in total. The molecule has 4 heterocycles. The number of nitrogens with two attached hydrogens (primary N) is 1. The number of carbonyl (C=O) groups excluding carboxylic acids is 1. The second-order valence-corrected chi connectivity index (χ2v) is 14.4. The van der Waals surface area contributed by atoms with Crippen molar-refractivity contribution in [3.8, 4) is 17.1 Å². The van der Waals surface area contributed by atoms with Crippen LogP contribution < -0.4 is 15.4 Å². The molecule has 7 rings (SSSR count). The summed E-state index contributed by atoms with van der Waals surface area (Å²) in [6.07, 6.45) is -2.01. The van der Waals surface area contributed by atoms with Crippen LogP contribution >= 0.6 is 11.3 Å². The van der Waals surface area contributed by atoms with E-state index in [4.69, 9.17) is 15.2 Å². The van der Waals surface area contributed by atoms with Crippen molar-refractivity contribution in [3.63, 3.8) is 0 Å². The van der Waals surface area contributed by atoms with Gasteiger partial charge in [-0.15, -0.1) is 0 Å². The molecule has 1 aliphatic carbocycles. The molecule has 3 fully saturated rings. The molecule has 3 aliphatic rings. The molecule has 0 bridgehead atoms. The molecule has 0 radical (unpaired) electrons. The topological polar surface area (TPSA) is 110 Å². The Bertz CT molecular complexity index is 1980.